The molecule has 0 spiro atoms. The number of furan rings is 1. The highest BCUT2D eigenvalue weighted by atomic mass is 79.9. The van der Waals surface area contributed by atoms with E-state index in [1.165, 1.54) is 7.11 Å². The minimum atomic E-state index is -0.451. The van der Waals surface area contributed by atoms with Gasteiger partial charge in [-0.05, 0) is 28.1 Å². The van der Waals surface area contributed by atoms with Crippen LogP contribution in [0.3, 0.4) is 0 Å². The zero-order valence-corrected chi connectivity index (χ0v) is 12.8. The number of fused-ring (bicyclic) bond motifs is 1. The van der Waals surface area contributed by atoms with Crippen molar-refractivity contribution in [2.24, 2.45) is 5.84 Å². The number of nitrogens with two attached hydrogens (primary N) is 1. The molecule has 108 valence electrons. The summed E-state index contributed by atoms with van der Waals surface area (Å²) in [5.41, 5.74) is 4.03. The van der Waals surface area contributed by atoms with Gasteiger partial charge >= 0.3 is 0 Å². The van der Waals surface area contributed by atoms with Gasteiger partial charge in [0.15, 0.2) is 0 Å². The van der Waals surface area contributed by atoms with Gasteiger partial charge in [0.1, 0.15) is 23.1 Å². The molecule has 0 saturated carbocycles. The molecule has 0 amide bonds. The standard InChI is InChI=1S/C14H13BrN4O2/c1-20-14-12(17-5-6-18-14)11(19-16)10-7-8-3-2-4-9(15)13(8)21-10/h2-7,11,19H,16H2,1H3. The molecule has 0 fully saturated rings. The number of nitrogens with one attached hydrogen (secondary N) is 1. The first-order valence-corrected chi connectivity index (χ1v) is 7.03. The van der Waals surface area contributed by atoms with E-state index in [1.807, 2.05) is 24.3 Å². The average Bonchev–Trinajstić information content (AvgIpc) is 2.94. The Morgan fingerprint density at radius 3 is 2.86 bits per heavy atom. The summed E-state index contributed by atoms with van der Waals surface area (Å²) in [7, 11) is 1.54. The number of aromatic nitrogens is 2. The van der Waals surface area contributed by atoms with Crippen LogP contribution in [0.4, 0.5) is 0 Å². The molecule has 1 atom stereocenters. The quantitative estimate of drug-likeness (QED) is 0.556. The van der Waals surface area contributed by atoms with Gasteiger partial charge in [-0.25, -0.2) is 10.4 Å². The van der Waals surface area contributed by atoms with Gasteiger partial charge in [-0.15, -0.1) is 0 Å². The molecule has 0 bridgehead atoms. The van der Waals surface area contributed by atoms with Crippen LogP contribution in [0.15, 0.2) is 45.5 Å². The average molecular weight is 349 g/mol. The van der Waals surface area contributed by atoms with Crippen LogP contribution in [-0.2, 0) is 0 Å². The number of benzene rings is 1. The van der Waals surface area contributed by atoms with E-state index >= 15 is 0 Å². The molecule has 0 aliphatic heterocycles. The minimum Gasteiger partial charge on any atom is -0.480 e. The Labute approximate surface area is 129 Å². The van der Waals surface area contributed by atoms with Gasteiger partial charge in [-0.2, -0.15) is 0 Å². The first kappa shape index (κ1) is 14.0. The summed E-state index contributed by atoms with van der Waals surface area (Å²) in [4.78, 5) is 8.42. The number of hydrogen-bond acceptors (Lipinski definition) is 6. The van der Waals surface area contributed by atoms with Crippen LogP contribution in [0, 0.1) is 0 Å². The van der Waals surface area contributed by atoms with Gasteiger partial charge in [-0.1, -0.05) is 12.1 Å². The van der Waals surface area contributed by atoms with E-state index in [1.54, 1.807) is 12.4 Å². The van der Waals surface area contributed by atoms with Crippen LogP contribution in [0.1, 0.15) is 17.5 Å². The lowest BCUT2D eigenvalue weighted by molar-refractivity contribution is 0.375. The van der Waals surface area contributed by atoms with E-state index in [9.17, 15) is 0 Å². The second-order valence-electron chi connectivity index (χ2n) is 4.36. The molecular formula is C14H13BrN4O2. The van der Waals surface area contributed by atoms with Gasteiger partial charge in [0.2, 0.25) is 5.88 Å². The van der Waals surface area contributed by atoms with E-state index in [-0.39, 0.29) is 0 Å². The molecule has 21 heavy (non-hydrogen) atoms. The Balaban J connectivity index is 2.12. The molecular weight excluding hydrogens is 336 g/mol. The van der Waals surface area contributed by atoms with Gasteiger partial charge < -0.3 is 9.15 Å². The molecule has 1 aromatic carbocycles. The summed E-state index contributed by atoms with van der Waals surface area (Å²) in [5.74, 6) is 6.72. The van der Waals surface area contributed by atoms with Crippen LogP contribution >= 0.6 is 15.9 Å². The Bertz CT molecular complexity index is 775. The maximum absolute atomic E-state index is 5.89. The van der Waals surface area contributed by atoms with Crippen molar-refractivity contribution in [1.29, 1.82) is 0 Å². The Morgan fingerprint density at radius 1 is 1.33 bits per heavy atom. The molecule has 1 unspecified atom stereocenters. The summed E-state index contributed by atoms with van der Waals surface area (Å²) in [6.07, 6.45) is 3.14. The van der Waals surface area contributed by atoms with Crippen molar-refractivity contribution in [3.8, 4) is 5.88 Å². The largest absolute Gasteiger partial charge is 0.480 e. The highest BCUT2D eigenvalue weighted by molar-refractivity contribution is 9.10. The molecule has 7 heteroatoms. The molecule has 0 radical (unpaired) electrons. The predicted molar refractivity (Wildman–Crippen MR) is 81.7 cm³/mol. The zero-order valence-electron chi connectivity index (χ0n) is 11.2. The van der Waals surface area contributed by atoms with Crippen LogP contribution in [0.25, 0.3) is 11.0 Å². The van der Waals surface area contributed by atoms with Crippen molar-refractivity contribution in [2.75, 3.05) is 7.11 Å². The number of halogens is 1. The van der Waals surface area contributed by atoms with Crippen LogP contribution < -0.4 is 16.0 Å². The molecule has 0 aliphatic carbocycles. The molecule has 3 aromatic rings. The lowest BCUT2D eigenvalue weighted by Gasteiger charge is -2.14. The maximum Gasteiger partial charge on any atom is 0.237 e. The van der Waals surface area contributed by atoms with E-state index in [0.29, 0.717) is 17.3 Å². The fourth-order valence-corrected chi connectivity index (χ4v) is 2.64. The number of hydrazine groups is 1. The summed E-state index contributed by atoms with van der Waals surface area (Å²) in [5, 5.41) is 0.975. The molecule has 6 nitrogen and oxygen atoms in total. The van der Waals surface area contributed by atoms with Gasteiger partial charge in [0, 0.05) is 17.8 Å². The first-order chi connectivity index (χ1) is 10.2. The topological polar surface area (TPSA) is 86.2 Å². The summed E-state index contributed by atoms with van der Waals surface area (Å²) in [6, 6.07) is 7.30. The van der Waals surface area contributed by atoms with E-state index < -0.39 is 6.04 Å². The third kappa shape index (κ3) is 2.51. The van der Waals surface area contributed by atoms with Gasteiger partial charge in [0.25, 0.3) is 0 Å². The smallest absolute Gasteiger partial charge is 0.237 e. The Hall–Kier alpha value is -1.96. The maximum atomic E-state index is 5.89. The highest BCUT2D eigenvalue weighted by Gasteiger charge is 2.23. The van der Waals surface area contributed by atoms with Crippen LogP contribution in [0.2, 0.25) is 0 Å². The summed E-state index contributed by atoms with van der Waals surface area (Å²) in [6.45, 7) is 0. The van der Waals surface area contributed by atoms with Crippen molar-refractivity contribution in [3.63, 3.8) is 0 Å². The van der Waals surface area contributed by atoms with Gasteiger partial charge in [-0.3, -0.25) is 10.8 Å². The van der Waals surface area contributed by atoms with Crippen molar-refractivity contribution in [2.45, 2.75) is 6.04 Å². The number of rotatable bonds is 4. The van der Waals surface area contributed by atoms with Crippen molar-refractivity contribution in [3.05, 3.63) is 52.6 Å². The van der Waals surface area contributed by atoms with Crippen LogP contribution in [-0.4, -0.2) is 17.1 Å². The normalized spacial score (nSPS) is 12.5. The molecule has 0 aliphatic rings. The van der Waals surface area contributed by atoms with E-state index in [4.69, 9.17) is 15.0 Å². The third-order valence-electron chi connectivity index (χ3n) is 3.12. The van der Waals surface area contributed by atoms with Crippen LogP contribution in [0.5, 0.6) is 5.88 Å². The minimum absolute atomic E-state index is 0.403. The lowest BCUT2D eigenvalue weighted by Crippen LogP contribution is -2.29. The number of nitrogens with zero attached hydrogens (tertiary/aromatic N) is 2. The molecule has 0 saturated heterocycles. The summed E-state index contributed by atoms with van der Waals surface area (Å²) >= 11 is 3.47. The lowest BCUT2D eigenvalue weighted by atomic mass is 10.1. The van der Waals surface area contributed by atoms with E-state index in [2.05, 4.69) is 31.3 Å². The Morgan fingerprint density at radius 2 is 2.14 bits per heavy atom. The molecule has 2 heterocycles. The first-order valence-electron chi connectivity index (χ1n) is 6.23. The number of ether oxygens (including phenoxy) is 1. The highest BCUT2D eigenvalue weighted by Crippen LogP contribution is 2.33. The number of para-hydroxylation sites is 1. The zero-order chi connectivity index (χ0) is 14.8. The second kappa shape index (κ2) is 5.80. The molecule has 2 aromatic heterocycles. The Kier molecular flexibility index (Phi) is 3.87. The van der Waals surface area contributed by atoms with Gasteiger partial charge in [0.05, 0.1) is 11.6 Å². The molecule has 3 N–H and O–H groups in total. The molecule has 3 rings (SSSR count). The monoisotopic (exact) mass is 348 g/mol. The third-order valence-corrected chi connectivity index (χ3v) is 3.75. The van der Waals surface area contributed by atoms with E-state index in [0.717, 1.165) is 15.4 Å². The van der Waals surface area contributed by atoms with Crippen molar-refractivity contribution < 1.29 is 9.15 Å². The predicted octanol–water partition coefficient (Wildman–Crippen LogP) is 2.55. The van der Waals surface area contributed by atoms with Crippen molar-refractivity contribution >= 4 is 26.9 Å². The van der Waals surface area contributed by atoms with Crippen molar-refractivity contribution in [1.82, 2.24) is 15.4 Å². The number of hydrogen-bond donors (Lipinski definition) is 2. The number of methoxy groups -OCH3 is 1. The summed E-state index contributed by atoms with van der Waals surface area (Å²) < 4.78 is 12.0. The fourth-order valence-electron chi connectivity index (χ4n) is 2.18. The second-order valence-corrected chi connectivity index (χ2v) is 5.21. The SMILES string of the molecule is COc1nccnc1C(NN)c1cc2cccc(Br)c2o1. The fraction of sp³-hybridized carbons (Fsp3) is 0.143.